The minimum absolute atomic E-state index is 0.0898. The third-order valence-corrected chi connectivity index (χ3v) is 4.30. The number of rotatable bonds is 2. The van der Waals surface area contributed by atoms with Crippen molar-refractivity contribution >= 4 is 16.8 Å². The Hall–Kier alpha value is -1.81. The number of H-pyrrole nitrogens is 1. The maximum absolute atomic E-state index is 12.7. The highest BCUT2D eigenvalue weighted by Crippen LogP contribution is 2.23. The van der Waals surface area contributed by atoms with Crippen LogP contribution in [-0.4, -0.2) is 42.1 Å². The Morgan fingerprint density at radius 3 is 3.05 bits per heavy atom. The van der Waals surface area contributed by atoms with Crippen molar-refractivity contribution in [3.8, 4) is 0 Å². The summed E-state index contributed by atoms with van der Waals surface area (Å²) in [4.78, 5) is 17.8. The van der Waals surface area contributed by atoms with Gasteiger partial charge in [0.25, 0.3) is 5.91 Å². The van der Waals surface area contributed by atoms with Crippen molar-refractivity contribution < 1.29 is 9.53 Å². The number of carbonyl (C=O) groups is 1. The van der Waals surface area contributed by atoms with Crippen molar-refractivity contribution in [1.29, 1.82) is 0 Å². The van der Waals surface area contributed by atoms with Gasteiger partial charge in [-0.3, -0.25) is 4.79 Å². The third-order valence-electron chi connectivity index (χ3n) is 4.30. The Morgan fingerprint density at radius 2 is 2.25 bits per heavy atom. The molecule has 0 saturated carbocycles. The van der Waals surface area contributed by atoms with Crippen LogP contribution in [0.1, 0.15) is 23.7 Å². The molecule has 1 aromatic heterocycles. The molecular weight excluding hydrogens is 252 g/mol. The standard InChI is InChI=1S/C16H20N2O2/c1-11-7-9-18(10-14(11)20-2)16(19)13-5-3-4-12-6-8-17-15(12)13/h3-6,8,11,14,17H,7,9-10H2,1-2H3. The van der Waals surface area contributed by atoms with E-state index >= 15 is 0 Å². The van der Waals surface area contributed by atoms with E-state index in [1.54, 1.807) is 7.11 Å². The monoisotopic (exact) mass is 272 g/mol. The molecule has 2 unspecified atom stereocenters. The Morgan fingerprint density at radius 1 is 1.40 bits per heavy atom. The van der Waals surface area contributed by atoms with Gasteiger partial charge in [0, 0.05) is 31.8 Å². The zero-order chi connectivity index (χ0) is 14.1. The number of nitrogens with zero attached hydrogens (tertiary/aromatic N) is 1. The minimum Gasteiger partial charge on any atom is -0.379 e. The number of hydrogen-bond acceptors (Lipinski definition) is 2. The molecule has 2 aromatic rings. The lowest BCUT2D eigenvalue weighted by atomic mass is 9.95. The molecule has 3 rings (SSSR count). The van der Waals surface area contributed by atoms with E-state index in [2.05, 4.69) is 11.9 Å². The van der Waals surface area contributed by atoms with Crippen LogP contribution in [0.5, 0.6) is 0 Å². The maximum atomic E-state index is 12.7. The SMILES string of the molecule is COC1CN(C(=O)c2cccc3cc[nH]c23)CCC1C. The van der Waals surface area contributed by atoms with Gasteiger partial charge in [0.15, 0.2) is 0 Å². The molecule has 0 radical (unpaired) electrons. The molecule has 1 fully saturated rings. The predicted octanol–water partition coefficient (Wildman–Crippen LogP) is 2.66. The Bertz CT molecular complexity index is 620. The summed E-state index contributed by atoms with van der Waals surface area (Å²) in [5.74, 6) is 0.595. The van der Waals surface area contributed by atoms with Gasteiger partial charge in [-0.2, -0.15) is 0 Å². The van der Waals surface area contributed by atoms with Gasteiger partial charge in [0.1, 0.15) is 0 Å². The van der Waals surface area contributed by atoms with E-state index in [9.17, 15) is 4.79 Å². The highest BCUT2D eigenvalue weighted by Gasteiger charge is 2.29. The smallest absolute Gasteiger partial charge is 0.256 e. The van der Waals surface area contributed by atoms with Crippen molar-refractivity contribution in [2.75, 3.05) is 20.2 Å². The number of para-hydroxylation sites is 1. The number of carbonyl (C=O) groups excluding carboxylic acids is 1. The fourth-order valence-electron chi connectivity index (χ4n) is 2.96. The van der Waals surface area contributed by atoms with E-state index in [1.165, 1.54) is 0 Å². The highest BCUT2D eigenvalue weighted by molar-refractivity contribution is 6.05. The van der Waals surface area contributed by atoms with Crippen molar-refractivity contribution in [2.24, 2.45) is 5.92 Å². The molecule has 4 nitrogen and oxygen atoms in total. The van der Waals surface area contributed by atoms with Crippen LogP contribution < -0.4 is 0 Å². The first-order valence-corrected chi connectivity index (χ1v) is 7.09. The Balaban J connectivity index is 1.87. The van der Waals surface area contributed by atoms with E-state index in [4.69, 9.17) is 4.74 Å². The van der Waals surface area contributed by atoms with Crippen LogP contribution in [0.15, 0.2) is 30.5 Å². The van der Waals surface area contributed by atoms with Gasteiger partial charge in [-0.15, -0.1) is 0 Å². The molecule has 2 atom stereocenters. The number of hydrogen-bond donors (Lipinski definition) is 1. The van der Waals surface area contributed by atoms with Gasteiger partial charge in [-0.25, -0.2) is 0 Å². The number of ether oxygens (including phenoxy) is 1. The minimum atomic E-state index is 0.0898. The number of aromatic nitrogens is 1. The quantitative estimate of drug-likeness (QED) is 0.913. The second-order valence-electron chi connectivity index (χ2n) is 5.54. The van der Waals surface area contributed by atoms with Gasteiger partial charge in [0.05, 0.1) is 17.2 Å². The topological polar surface area (TPSA) is 45.3 Å². The lowest BCUT2D eigenvalue weighted by molar-refractivity contribution is -0.00150. The number of nitrogens with one attached hydrogen (secondary N) is 1. The first kappa shape index (κ1) is 13.2. The molecule has 4 heteroatoms. The predicted molar refractivity (Wildman–Crippen MR) is 78.8 cm³/mol. The molecule has 1 aliphatic heterocycles. The van der Waals surface area contributed by atoms with Gasteiger partial charge in [0.2, 0.25) is 0 Å². The van der Waals surface area contributed by atoms with Crippen LogP contribution in [0, 0.1) is 5.92 Å². The molecule has 1 amide bonds. The molecule has 1 aliphatic rings. The van der Waals surface area contributed by atoms with E-state index in [1.807, 2.05) is 35.4 Å². The number of amides is 1. The second kappa shape index (κ2) is 5.29. The van der Waals surface area contributed by atoms with E-state index in [-0.39, 0.29) is 12.0 Å². The van der Waals surface area contributed by atoms with Gasteiger partial charge in [-0.1, -0.05) is 19.1 Å². The van der Waals surface area contributed by atoms with Crippen LogP contribution in [0.25, 0.3) is 10.9 Å². The fraction of sp³-hybridized carbons (Fsp3) is 0.438. The van der Waals surface area contributed by atoms with E-state index < -0.39 is 0 Å². The average molecular weight is 272 g/mol. The molecular formula is C16H20N2O2. The van der Waals surface area contributed by atoms with Crippen LogP contribution in [-0.2, 0) is 4.74 Å². The van der Waals surface area contributed by atoms with Crippen LogP contribution >= 0.6 is 0 Å². The third kappa shape index (κ3) is 2.20. The number of fused-ring (bicyclic) bond motifs is 1. The lowest BCUT2D eigenvalue weighted by Crippen LogP contribution is -2.46. The molecule has 1 saturated heterocycles. The molecule has 2 heterocycles. The van der Waals surface area contributed by atoms with E-state index in [0.29, 0.717) is 12.5 Å². The Labute approximate surface area is 118 Å². The molecule has 0 bridgehead atoms. The van der Waals surface area contributed by atoms with Crippen molar-refractivity contribution in [1.82, 2.24) is 9.88 Å². The molecule has 1 aromatic carbocycles. The van der Waals surface area contributed by atoms with Crippen molar-refractivity contribution in [2.45, 2.75) is 19.4 Å². The fourth-order valence-corrected chi connectivity index (χ4v) is 2.96. The van der Waals surface area contributed by atoms with E-state index in [0.717, 1.165) is 29.4 Å². The number of methoxy groups -OCH3 is 1. The largest absolute Gasteiger partial charge is 0.379 e. The normalized spacial score (nSPS) is 23.2. The van der Waals surface area contributed by atoms with Crippen LogP contribution in [0.4, 0.5) is 0 Å². The Kier molecular flexibility index (Phi) is 3.49. The van der Waals surface area contributed by atoms with Gasteiger partial charge < -0.3 is 14.6 Å². The van der Waals surface area contributed by atoms with Crippen LogP contribution in [0.3, 0.4) is 0 Å². The molecule has 106 valence electrons. The number of benzene rings is 1. The molecule has 0 spiro atoms. The lowest BCUT2D eigenvalue weighted by Gasteiger charge is -2.36. The van der Waals surface area contributed by atoms with Crippen LogP contribution in [0.2, 0.25) is 0 Å². The number of piperidine rings is 1. The second-order valence-corrected chi connectivity index (χ2v) is 5.54. The summed E-state index contributed by atoms with van der Waals surface area (Å²) in [6.07, 6.45) is 3.00. The van der Waals surface area contributed by atoms with Gasteiger partial charge in [-0.05, 0) is 24.5 Å². The average Bonchev–Trinajstić information content (AvgIpc) is 2.95. The highest BCUT2D eigenvalue weighted by atomic mass is 16.5. The molecule has 0 aliphatic carbocycles. The first-order chi connectivity index (χ1) is 9.70. The zero-order valence-electron chi connectivity index (χ0n) is 11.9. The summed E-state index contributed by atoms with van der Waals surface area (Å²) in [7, 11) is 1.72. The summed E-state index contributed by atoms with van der Waals surface area (Å²) < 4.78 is 5.49. The maximum Gasteiger partial charge on any atom is 0.256 e. The summed E-state index contributed by atoms with van der Waals surface area (Å²) in [5, 5.41) is 1.07. The number of aromatic amines is 1. The van der Waals surface area contributed by atoms with Gasteiger partial charge >= 0.3 is 0 Å². The zero-order valence-corrected chi connectivity index (χ0v) is 11.9. The summed E-state index contributed by atoms with van der Waals surface area (Å²) in [6.45, 7) is 3.66. The van der Waals surface area contributed by atoms with Crippen molar-refractivity contribution in [3.05, 3.63) is 36.0 Å². The first-order valence-electron chi connectivity index (χ1n) is 7.09. The summed E-state index contributed by atoms with van der Waals surface area (Å²) >= 11 is 0. The summed E-state index contributed by atoms with van der Waals surface area (Å²) in [6, 6.07) is 7.83. The molecule has 1 N–H and O–H groups in total. The summed E-state index contributed by atoms with van der Waals surface area (Å²) in [5.41, 5.74) is 1.67. The molecule has 20 heavy (non-hydrogen) atoms. The van der Waals surface area contributed by atoms with Crippen molar-refractivity contribution in [3.63, 3.8) is 0 Å². The number of likely N-dealkylation sites (tertiary alicyclic amines) is 1.